The summed E-state index contributed by atoms with van der Waals surface area (Å²) < 4.78 is 0. The van der Waals surface area contributed by atoms with Crippen molar-refractivity contribution in [2.75, 3.05) is 0 Å². The summed E-state index contributed by atoms with van der Waals surface area (Å²) in [6.45, 7) is 6.40. The lowest BCUT2D eigenvalue weighted by atomic mass is 9.99. The van der Waals surface area contributed by atoms with Crippen molar-refractivity contribution in [3.8, 4) is 0 Å². The third-order valence-corrected chi connectivity index (χ3v) is 0.612. The number of rotatable bonds is 2. The van der Waals surface area contributed by atoms with E-state index in [1.54, 1.807) is 0 Å². The molecule has 0 saturated heterocycles. The van der Waals surface area contributed by atoms with E-state index in [0.29, 0.717) is 6.04 Å². The van der Waals surface area contributed by atoms with E-state index in [2.05, 4.69) is 25.9 Å². The molecule has 0 radical (unpaired) electrons. The Bertz CT molecular complexity index is 28.7. The highest BCUT2D eigenvalue weighted by Gasteiger charge is 1.83. The van der Waals surface area contributed by atoms with Crippen LogP contribution in [0.4, 0.5) is 0 Å². The summed E-state index contributed by atoms with van der Waals surface area (Å²) in [7, 11) is 1.08. The van der Waals surface area contributed by atoms with Crippen molar-refractivity contribution in [1.29, 1.82) is 0 Å². The minimum Gasteiger partial charge on any atom is -0.357 e. The highest BCUT2D eigenvalue weighted by Crippen LogP contribution is 1.69. The van der Waals surface area contributed by atoms with Crippen molar-refractivity contribution in [2.45, 2.75) is 26.7 Å². The minimum atomic E-state index is 0.648. The Labute approximate surface area is 40.4 Å². The highest BCUT2D eigenvalue weighted by molar-refractivity contribution is 6.30. The first kappa shape index (κ1) is 6.02. The molecule has 0 aromatic heterocycles. The third kappa shape index (κ3) is 4.02. The molecule has 0 aliphatic carbocycles. The van der Waals surface area contributed by atoms with Crippen LogP contribution in [0.25, 0.3) is 0 Å². The maximum atomic E-state index is 3.21. The standard InChI is InChI=1S/C4H12BN/c1-4(2)6-5-3/h4-6H,1-3H3. The van der Waals surface area contributed by atoms with Crippen molar-refractivity contribution >= 4 is 7.41 Å². The van der Waals surface area contributed by atoms with Gasteiger partial charge in [0.1, 0.15) is 0 Å². The number of hydrogen-bond acceptors (Lipinski definition) is 1. The summed E-state index contributed by atoms with van der Waals surface area (Å²) in [6.07, 6.45) is 0. The van der Waals surface area contributed by atoms with E-state index in [0.717, 1.165) is 7.41 Å². The van der Waals surface area contributed by atoms with Gasteiger partial charge in [-0.3, -0.25) is 0 Å². The lowest BCUT2D eigenvalue weighted by Gasteiger charge is -2.00. The molecular weight excluding hydrogens is 72.9 g/mol. The normalized spacial score (nSPS) is 9.33. The van der Waals surface area contributed by atoms with E-state index in [1.165, 1.54) is 0 Å². The monoisotopic (exact) mass is 85.1 g/mol. The van der Waals surface area contributed by atoms with Gasteiger partial charge >= 0.3 is 0 Å². The fourth-order valence-electron chi connectivity index (χ4n) is 0.408. The first-order valence-electron chi connectivity index (χ1n) is 2.50. The molecule has 0 aromatic carbocycles. The van der Waals surface area contributed by atoms with E-state index < -0.39 is 0 Å². The van der Waals surface area contributed by atoms with Crippen molar-refractivity contribution in [3.05, 3.63) is 0 Å². The molecule has 0 saturated carbocycles. The van der Waals surface area contributed by atoms with Gasteiger partial charge in [-0.05, 0) is 6.04 Å². The molecule has 0 spiro atoms. The molecule has 0 amide bonds. The Hall–Kier alpha value is 0.0249. The van der Waals surface area contributed by atoms with Crippen LogP contribution in [0.1, 0.15) is 13.8 Å². The van der Waals surface area contributed by atoms with Crippen LogP contribution in [0.2, 0.25) is 6.82 Å². The molecular formula is C4H12BN. The predicted octanol–water partition coefficient (Wildman–Crippen LogP) is 0.384. The van der Waals surface area contributed by atoms with E-state index in [-0.39, 0.29) is 0 Å². The second-order valence-corrected chi connectivity index (χ2v) is 1.71. The van der Waals surface area contributed by atoms with Gasteiger partial charge in [0.15, 0.2) is 7.41 Å². The Morgan fingerprint density at radius 1 is 1.50 bits per heavy atom. The zero-order valence-electron chi connectivity index (χ0n) is 4.78. The SMILES string of the molecule is CBNC(C)C. The van der Waals surface area contributed by atoms with Crippen molar-refractivity contribution in [3.63, 3.8) is 0 Å². The lowest BCUT2D eigenvalue weighted by molar-refractivity contribution is 0.754. The largest absolute Gasteiger partial charge is 0.357 e. The van der Waals surface area contributed by atoms with Crippen molar-refractivity contribution in [2.24, 2.45) is 0 Å². The van der Waals surface area contributed by atoms with Gasteiger partial charge in [0.05, 0.1) is 0 Å². The summed E-state index contributed by atoms with van der Waals surface area (Å²) in [5.41, 5.74) is 0. The number of nitrogens with one attached hydrogen (secondary N) is 1. The molecule has 0 heterocycles. The van der Waals surface area contributed by atoms with E-state index in [9.17, 15) is 0 Å². The van der Waals surface area contributed by atoms with Gasteiger partial charge in [-0.1, -0.05) is 20.7 Å². The smallest absolute Gasteiger partial charge is 0.198 e. The fraction of sp³-hybridized carbons (Fsp3) is 1.00. The minimum absolute atomic E-state index is 0.648. The first-order valence-corrected chi connectivity index (χ1v) is 2.50. The molecule has 0 bridgehead atoms. The zero-order valence-corrected chi connectivity index (χ0v) is 4.78. The molecule has 1 N–H and O–H groups in total. The molecule has 0 aromatic rings. The van der Waals surface area contributed by atoms with Crippen molar-refractivity contribution < 1.29 is 0 Å². The zero-order chi connectivity index (χ0) is 4.99. The fourth-order valence-corrected chi connectivity index (χ4v) is 0.408. The molecule has 36 valence electrons. The van der Waals surface area contributed by atoms with E-state index in [1.807, 2.05) is 0 Å². The van der Waals surface area contributed by atoms with Crippen LogP contribution in [0.5, 0.6) is 0 Å². The second-order valence-electron chi connectivity index (χ2n) is 1.71. The maximum absolute atomic E-state index is 3.21. The maximum Gasteiger partial charge on any atom is 0.198 e. The van der Waals surface area contributed by atoms with Gasteiger partial charge in [-0.25, -0.2) is 0 Å². The van der Waals surface area contributed by atoms with Gasteiger partial charge in [-0.15, -0.1) is 0 Å². The summed E-state index contributed by atoms with van der Waals surface area (Å²) >= 11 is 0. The molecule has 1 nitrogen and oxygen atoms in total. The van der Waals surface area contributed by atoms with Crippen LogP contribution in [-0.2, 0) is 0 Å². The summed E-state index contributed by atoms with van der Waals surface area (Å²) in [6, 6.07) is 0.648. The molecule has 0 unspecified atom stereocenters. The van der Waals surface area contributed by atoms with Crippen LogP contribution in [0, 0.1) is 0 Å². The summed E-state index contributed by atoms with van der Waals surface area (Å²) in [5.74, 6) is 0. The summed E-state index contributed by atoms with van der Waals surface area (Å²) in [4.78, 5) is 0. The molecule has 6 heavy (non-hydrogen) atoms. The first-order chi connectivity index (χ1) is 2.77. The van der Waals surface area contributed by atoms with Crippen LogP contribution in [-0.4, -0.2) is 13.5 Å². The molecule has 0 fully saturated rings. The van der Waals surface area contributed by atoms with Crippen LogP contribution in [0.15, 0.2) is 0 Å². The molecule has 0 rings (SSSR count). The van der Waals surface area contributed by atoms with Gasteiger partial charge in [0, 0.05) is 0 Å². The molecule has 0 aliphatic rings. The van der Waals surface area contributed by atoms with Crippen LogP contribution in [0.3, 0.4) is 0 Å². The van der Waals surface area contributed by atoms with Gasteiger partial charge in [-0.2, -0.15) is 0 Å². The lowest BCUT2D eigenvalue weighted by Crippen LogP contribution is -2.24. The Kier molecular flexibility index (Phi) is 3.24. The number of hydrogen-bond donors (Lipinski definition) is 1. The van der Waals surface area contributed by atoms with Crippen LogP contribution >= 0.6 is 0 Å². The Morgan fingerprint density at radius 2 is 2.00 bits per heavy atom. The van der Waals surface area contributed by atoms with Gasteiger partial charge in [0.25, 0.3) is 0 Å². The quantitative estimate of drug-likeness (QED) is 0.478. The molecule has 2 heteroatoms. The van der Waals surface area contributed by atoms with E-state index in [4.69, 9.17) is 0 Å². The topological polar surface area (TPSA) is 12.0 Å². The Balaban J connectivity index is 2.63. The summed E-state index contributed by atoms with van der Waals surface area (Å²) in [5, 5.41) is 3.21. The van der Waals surface area contributed by atoms with Gasteiger partial charge < -0.3 is 5.23 Å². The second kappa shape index (κ2) is 3.22. The molecule has 0 atom stereocenters. The third-order valence-electron chi connectivity index (χ3n) is 0.612. The van der Waals surface area contributed by atoms with Crippen molar-refractivity contribution in [1.82, 2.24) is 5.23 Å². The van der Waals surface area contributed by atoms with E-state index >= 15 is 0 Å². The highest BCUT2D eigenvalue weighted by atomic mass is 14.8. The average Bonchev–Trinajstić information content (AvgIpc) is 1.35. The molecule has 0 aliphatic heterocycles. The van der Waals surface area contributed by atoms with Gasteiger partial charge in [0.2, 0.25) is 0 Å². The predicted molar refractivity (Wildman–Crippen MR) is 31.3 cm³/mol. The van der Waals surface area contributed by atoms with Crippen LogP contribution < -0.4 is 5.23 Å². The average molecular weight is 85.0 g/mol. The Morgan fingerprint density at radius 3 is 2.00 bits per heavy atom.